The van der Waals surface area contributed by atoms with E-state index in [-0.39, 0.29) is 10.5 Å². The second kappa shape index (κ2) is 7.30. The van der Waals surface area contributed by atoms with Crippen LogP contribution in [0.3, 0.4) is 0 Å². The normalized spacial score (nSPS) is 14.7. The molecule has 2 aromatic heterocycles. The molecule has 1 saturated heterocycles. The number of nitrogens with one attached hydrogen (secondary N) is 1. The molecule has 136 valence electrons. The van der Waals surface area contributed by atoms with E-state index in [1.54, 1.807) is 35.2 Å². The van der Waals surface area contributed by atoms with Gasteiger partial charge >= 0.3 is 4.94 Å². The number of ether oxygens (including phenoxy) is 1. The van der Waals surface area contributed by atoms with Crippen molar-refractivity contribution in [1.29, 1.82) is 0 Å². The number of piperazine rings is 1. The Hall–Kier alpha value is -2.65. The number of rotatable bonds is 5. The van der Waals surface area contributed by atoms with Crippen LogP contribution in [-0.4, -0.2) is 42.3 Å². The molecule has 9 heteroatoms. The van der Waals surface area contributed by atoms with Crippen LogP contribution < -0.4 is 25.5 Å². The minimum Gasteiger partial charge on any atom is -0.492 e. The van der Waals surface area contributed by atoms with E-state index >= 15 is 0 Å². The predicted octanol–water partition coefficient (Wildman–Crippen LogP) is 0.900. The van der Waals surface area contributed by atoms with E-state index in [0.29, 0.717) is 30.3 Å². The fourth-order valence-corrected chi connectivity index (χ4v) is 3.61. The molecule has 8 nitrogen and oxygen atoms in total. The Kier molecular flexibility index (Phi) is 4.72. The van der Waals surface area contributed by atoms with Crippen LogP contribution in [0.4, 0.5) is 5.82 Å². The molecule has 1 N–H and O–H groups in total. The van der Waals surface area contributed by atoms with E-state index < -0.39 is 0 Å². The number of nitrogens with zero attached hydrogens (tertiary/aromatic N) is 3. The minimum absolute atomic E-state index is 0.110. The lowest BCUT2D eigenvalue weighted by Gasteiger charge is -2.27. The molecule has 26 heavy (non-hydrogen) atoms. The van der Waals surface area contributed by atoms with Gasteiger partial charge in [-0.3, -0.25) is 4.79 Å². The molecule has 0 radical (unpaired) electrons. The monoisotopic (exact) mass is 374 g/mol. The maximum Gasteiger partial charge on any atom is 0.396 e. The summed E-state index contributed by atoms with van der Waals surface area (Å²) in [6, 6.07) is 5.23. The molecule has 1 aliphatic heterocycles. The van der Waals surface area contributed by atoms with Gasteiger partial charge in [0.25, 0.3) is 5.56 Å². The molecular weight excluding hydrogens is 356 g/mol. The highest BCUT2D eigenvalue weighted by Gasteiger charge is 2.16. The van der Waals surface area contributed by atoms with Crippen LogP contribution in [0.1, 0.15) is 0 Å². The van der Waals surface area contributed by atoms with Gasteiger partial charge in [0.15, 0.2) is 5.82 Å². The van der Waals surface area contributed by atoms with Crippen LogP contribution in [0.15, 0.2) is 44.6 Å². The van der Waals surface area contributed by atoms with E-state index in [9.17, 15) is 9.59 Å². The van der Waals surface area contributed by atoms with Crippen molar-refractivity contribution in [3.05, 3.63) is 50.7 Å². The summed E-state index contributed by atoms with van der Waals surface area (Å²) in [5.41, 5.74) is 0.444. The second-order valence-electron chi connectivity index (χ2n) is 5.90. The third-order valence-electron chi connectivity index (χ3n) is 4.21. The van der Waals surface area contributed by atoms with Crippen molar-refractivity contribution >= 4 is 27.4 Å². The van der Waals surface area contributed by atoms with Crippen LogP contribution in [-0.2, 0) is 6.54 Å². The third kappa shape index (κ3) is 3.49. The number of fused-ring (bicyclic) bond motifs is 1. The van der Waals surface area contributed by atoms with Gasteiger partial charge < -0.3 is 23.9 Å². The van der Waals surface area contributed by atoms with E-state index in [1.807, 2.05) is 4.90 Å². The molecule has 3 heterocycles. The van der Waals surface area contributed by atoms with Crippen molar-refractivity contribution in [1.82, 2.24) is 14.9 Å². The zero-order valence-electron chi connectivity index (χ0n) is 14.0. The van der Waals surface area contributed by atoms with Gasteiger partial charge in [-0.25, -0.2) is 9.78 Å². The first-order chi connectivity index (χ1) is 12.7. The standard InChI is InChI=1S/C17H18N4O4S/c22-16-15(20-6-3-18-4-7-20)19-5-8-21(16)9-10-24-12-1-2-13-14(11-12)26-17(23)25-13/h1-2,5,8,11,18H,3-4,6-7,9-10H2. The van der Waals surface area contributed by atoms with Gasteiger partial charge in [0.05, 0.1) is 11.2 Å². The molecule has 0 spiro atoms. The summed E-state index contributed by atoms with van der Waals surface area (Å²) in [5, 5.41) is 3.26. The smallest absolute Gasteiger partial charge is 0.396 e. The summed E-state index contributed by atoms with van der Waals surface area (Å²) >= 11 is 1.04. The molecule has 0 saturated carbocycles. The average molecular weight is 374 g/mol. The maximum atomic E-state index is 12.6. The Morgan fingerprint density at radius 2 is 2.12 bits per heavy atom. The average Bonchev–Trinajstić information content (AvgIpc) is 3.03. The quantitative estimate of drug-likeness (QED) is 0.710. The van der Waals surface area contributed by atoms with Crippen LogP contribution in [0, 0.1) is 0 Å². The van der Waals surface area contributed by atoms with Gasteiger partial charge in [0.2, 0.25) is 0 Å². The van der Waals surface area contributed by atoms with Crippen LogP contribution in [0.5, 0.6) is 5.75 Å². The van der Waals surface area contributed by atoms with Crippen LogP contribution in [0.25, 0.3) is 10.3 Å². The van der Waals surface area contributed by atoms with Gasteiger partial charge in [0, 0.05) is 44.6 Å². The van der Waals surface area contributed by atoms with Gasteiger partial charge in [-0.1, -0.05) is 11.3 Å². The Labute approximate surface area is 152 Å². The largest absolute Gasteiger partial charge is 0.492 e. The molecule has 0 aliphatic carbocycles. The Morgan fingerprint density at radius 3 is 2.96 bits per heavy atom. The minimum atomic E-state index is -0.332. The Bertz CT molecular complexity index is 1020. The summed E-state index contributed by atoms with van der Waals surface area (Å²) in [5.74, 6) is 1.12. The molecule has 0 bridgehead atoms. The highest BCUT2D eigenvalue weighted by Crippen LogP contribution is 2.22. The highest BCUT2D eigenvalue weighted by atomic mass is 32.1. The molecule has 4 rings (SSSR count). The van der Waals surface area contributed by atoms with Crippen molar-refractivity contribution < 1.29 is 9.15 Å². The van der Waals surface area contributed by atoms with Gasteiger partial charge in [0.1, 0.15) is 17.9 Å². The molecule has 0 unspecified atom stereocenters. The lowest BCUT2D eigenvalue weighted by molar-refractivity contribution is 0.296. The van der Waals surface area contributed by atoms with Crippen molar-refractivity contribution in [2.45, 2.75) is 6.54 Å². The molecule has 1 aliphatic rings. The van der Waals surface area contributed by atoms with Gasteiger partial charge in [-0.05, 0) is 12.1 Å². The first-order valence-corrected chi connectivity index (χ1v) is 9.20. The topological polar surface area (TPSA) is 89.6 Å². The zero-order valence-corrected chi connectivity index (χ0v) is 14.8. The molecule has 1 aromatic carbocycles. The highest BCUT2D eigenvalue weighted by molar-refractivity contribution is 7.16. The molecule has 3 aromatic rings. The molecular formula is C17H18N4O4S. The van der Waals surface area contributed by atoms with E-state index in [4.69, 9.17) is 9.15 Å². The fourth-order valence-electron chi connectivity index (χ4n) is 2.91. The van der Waals surface area contributed by atoms with Gasteiger partial charge in [-0.15, -0.1) is 0 Å². The van der Waals surface area contributed by atoms with Crippen molar-refractivity contribution in [3.63, 3.8) is 0 Å². The summed E-state index contributed by atoms with van der Waals surface area (Å²) in [4.78, 5) is 29.8. The van der Waals surface area contributed by atoms with E-state index in [1.165, 1.54) is 0 Å². The zero-order chi connectivity index (χ0) is 17.9. The summed E-state index contributed by atoms with van der Waals surface area (Å²) in [7, 11) is 0. The second-order valence-corrected chi connectivity index (χ2v) is 6.87. The summed E-state index contributed by atoms with van der Waals surface area (Å²) in [6.45, 7) is 4.00. The van der Waals surface area contributed by atoms with Crippen molar-refractivity contribution in [2.24, 2.45) is 0 Å². The molecule has 0 atom stereocenters. The first-order valence-electron chi connectivity index (χ1n) is 8.38. The lowest BCUT2D eigenvalue weighted by atomic mass is 10.3. The SMILES string of the molecule is O=c1oc2ccc(OCCn3ccnc(N4CCNCC4)c3=O)cc2s1. The van der Waals surface area contributed by atoms with Crippen molar-refractivity contribution in [3.8, 4) is 5.75 Å². The first kappa shape index (κ1) is 16.8. The number of aromatic nitrogens is 2. The van der Waals surface area contributed by atoms with Crippen LogP contribution >= 0.6 is 11.3 Å². The fraction of sp³-hybridized carbons (Fsp3) is 0.353. The maximum absolute atomic E-state index is 12.6. The number of benzene rings is 1. The number of hydrogen-bond donors (Lipinski definition) is 1. The number of hydrogen-bond acceptors (Lipinski definition) is 8. The van der Waals surface area contributed by atoms with E-state index in [2.05, 4.69) is 10.3 Å². The van der Waals surface area contributed by atoms with Crippen LogP contribution in [0.2, 0.25) is 0 Å². The Balaban J connectivity index is 1.43. The van der Waals surface area contributed by atoms with Crippen molar-refractivity contribution in [2.75, 3.05) is 37.7 Å². The van der Waals surface area contributed by atoms with Gasteiger partial charge in [-0.2, -0.15) is 0 Å². The Morgan fingerprint density at radius 1 is 1.27 bits per heavy atom. The summed E-state index contributed by atoms with van der Waals surface area (Å²) < 4.78 is 13.1. The molecule has 1 fully saturated rings. The predicted molar refractivity (Wildman–Crippen MR) is 99.4 cm³/mol. The van der Waals surface area contributed by atoms with E-state index in [0.717, 1.165) is 42.2 Å². The molecule has 0 amide bonds. The lowest BCUT2D eigenvalue weighted by Crippen LogP contribution is -2.46. The summed E-state index contributed by atoms with van der Waals surface area (Å²) in [6.07, 6.45) is 3.32. The third-order valence-corrected chi connectivity index (χ3v) is 5.00. The number of anilines is 1.